The van der Waals surface area contributed by atoms with Crippen molar-refractivity contribution in [3.05, 3.63) is 0 Å². The molecule has 3 saturated heterocycles. The summed E-state index contributed by atoms with van der Waals surface area (Å²) in [4.78, 5) is 0. The van der Waals surface area contributed by atoms with Gasteiger partial charge in [0.1, 0.15) is 23.1 Å². The Morgan fingerprint density at radius 2 is 2.23 bits per heavy atom. The molecule has 5 atom stereocenters. The molecule has 5 unspecified atom stereocenters. The molecule has 3 aliphatic rings. The minimum Gasteiger partial charge on any atom is -0.385 e. The molecule has 0 amide bonds. The van der Waals surface area contributed by atoms with Crippen molar-refractivity contribution in [1.82, 2.24) is 0 Å². The van der Waals surface area contributed by atoms with Crippen LogP contribution in [0.4, 0.5) is 0 Å². The maximum Gasteiger partial charge on any atom is 0.273 e. The summed E-state index contributed by atoms with van der Waals surface area (Å²) in [5.41, 5.74) is -1.15. The third-order valence-electron chi connectivity index (χ3n) is 3.27. The molecule has 0 radical (unpaired) electrons. The normalized spacial score (nSPS) is 61.7. The van der Waals surface area contributed by atoms with Crippen LogP contribution in [0, 0.1) is 0 Å². The van der Waals surface area contributed by atoms with Crippen molar-refractivity contribution in [2.24, 2.45) is 0 Å². The molecule has 0 aromatic rings. The van der Waals surface area contributed by atoms with Gasteiger partial charge in [-0.15, -0.1) is 0 Å². The third-order valence-corrected chi connectivity index (χ3v) is 4.95. The lowest BCUT2D eigenvalue weighted by atomic mass is 9.84. The fourth-order valence-electron chi connectivity index (χ4n) is 2.49. The van der Waals surface area contributed by atoms with E-state index in [0.717, 1.165) is 0 Å². The average Bonchev–Trinajstić information content (AvgIpc) is 2.54. The monoisotopic (exact) mass is 206 g/mol. The summed E-state index contributed by atoms with van der Waals surface area (Å²) in [7, 11) is -3.49. The van der Waals surface area contributed by atoms with Gasteiger partial charge >= 0.3 is 0 Å². The van der Waals surface area contributed by atoms with E-state index >= 15 is 0 Å². The summed E-state index contributed by atoms with van der Waals surface area (Å²) < 4.78 is 32.9. The first-order valence-electron chi connectivity index (χ1n) is 4.23. The number of ether oxygens (including phenoxy) is 1. The lowest BCUT2D eigenvalue weighted by Crippen LogP contribution is -2.48. The van der Waals surface area contributed by atoms with Gasteiger partial charge in [-0.3, -0.25) is 4.18 Å². The van der Waals surface area contributed by atoms with Gasteiger partial charge in [0.05, 0.1) is 6.10 Å². The maximum absolute atomic E-state index is 11.4. The molecule has 13 heavy (non-hydrogen) atoms. The first kappa shape index (κ1) is 8.16. The summed E-state index contributed by atoms with van der Waals surface area (Å²) in [5, 5.41) is 9.34. The van der Waals surface area contributed by atoms with Gasteiger partial charge in [0.25, 0.3) is 10.1 Å². The van der Waals surface area contributed by atoms with Crippen LogP contribution in [0.15, 0.2) is 0 Å². The Kier molecular flexibility index (Phi) is 1.21. The van der Waals surface area contributed by atoms with Crippen molar-refractivity contribution in [2.45, 2.75) is 42.5 Å². The lowest BCUT2D eigenvalue weighted by molar-refractivity contribution is -0.0501. The SMILES string of the molecule is CC1(O)C2CC3C(O2)C1OS3(=O)=O. The van der Waals surface area contributed by atoms with Crippen LogP contribution in [-0.2, 0) is 19.0 Å². The highest BCUT2D eigenvalue weighted by Gasteiger charge is 2.70. The average molecular weight is 206 g/mol. The molecule has 3 heterocycles. The smallest absolute Gasteiger partial charge is 0.273 e. The van der Waals surface area contributed by atoms with Gasteiger partial charge in [0.2, 0.25) is 0 Å². The van der Waals surface area contributed by atoms with Crippen LogP contribution in [0.3, 0.4) is 0 Å². The van der Waals surface area contributed by atoms with E-state index in [1.165, 1.54) is 0 Å². The van der Waals surface area contributed by atoms with E-state index in [9.17, 15) is 13.5 Å². The van der Waals surface area contributed by atoms with E-state index < -0.39 is 33.2 Å². The third kappa shape index (κ3) is 0.758. The first-order chi connectivity index (χ1) is 5.93. The summed E-state index contributed by atoms with van der Waals surface area (Å²) in [6.07, 6.45) is -1.17. The fourth-order valence-corrected chi connectivity index (χ4v) is 4.17. The molecule has 2 bridgehead atoms. The Morgan fingerprint density at radius 3 is 2.77 bits per heavy atom. The number of aliphatic hydroxyl groups is 1. The van der Waals surface area contributed by atoms with Gasteiger partial charge in [0.15, 0.2) is 0 Å². The Morgan fingerprint density at radius 1 is 1.54 bits per heavy atom. The second kappa shape index (κ2) is 1.93. The highest BCUT2D eigenvalue weighted by atomic mass is 32.2. The Labute approximate surface area is 75.8 Å². The van der Waals surface area contributed by atoms with Gasteiger partial charge in [0, 0.05) is 0 Å². The minimum atomic E-state index is -3.49. The maximum atomic E-state index is 11.4. The zero-order chi connectivity index (χ0) is 9.43. The van der Waals surface area contributed by atoms with Crippen LogP contribution in [-0.4, -0.2) is 42.7 Å². The summed E-state index contributed by atoms with van der Waals surface area (Å²) >= 11 is 0. The topological polar surface area (TPSA) is 72.8 Å². The van der Waals surface area contributed by atoms with Crippen molar-refractivity contribution < 1.29 is 22.4 Å². The standard InChI is InChI=1S/C7H10O5S/c1-7(8)4-2-3-5(11-4)6(7)12-13(3,9)10/h3-6,8H,2H2,1H3. The predicted octanol–water partition coefficient (Wildman–Crippen LogP) is -0.994. The molecule has 3 fully saturated rings. The Hall–Kier alpha value is -0.170. The molecule has 3 aliphatic heterocycles. The van der Waals surface area contributed by atoms with Crippen molar-refractivity contribution in [1.29, 1.82) is 0 Å². The van der Waals surface area contributed by atoms with Crippen LogP contribution in [0.25, 0.3) is 0 Å². The molecule has 0 spiro atoms. The van der Waals surface area contributed by atoms with E-state index in [-0.39, 0.29) is 6.10 Å². The molecule has 0 aliphatic carbocycles. The van der Waals surface area contributed by atoms with Crippen molar-refractivity contribution in [2.75, 3.05) is 0 Å². The van der Waals surface area contributed by atoms with Crippen molar-refractivity contribution in [3.8, 4) is 0 Å². The molecular weight excluding hydrogens is 196 g/mol. The number of rotatable bonds is 0. The van der Waals surface area contributed by atoms with Crippen LogP contribution in [0.5, 0.6) is 0 Å². The van der Waals surface area contributed by atoms with Gasteiger partial charge in [-0.1, -0.05) is 0 Å². The van der Waals surface area contributed by atoms with Gasteiger partial charge in [-0.25, -0.2) is 0 Å². The highest BCUT2D eigenvalue weighted by molar-refractivity contribution is 7.87. The molecule has 0 aromatic heterocycles. The van der Waals surface area contributed by atoms with E-state index in [0.29, 0.717) is 6.42 Å². The summed E-state index contributed by atoms with van der Waals surface area (Å²) in [6, 6.07) is 0. The number of hydrogen-bond donors (Lipinski definition) is 1. The van der Waals surface area contributed by atoms with E-state index in [2.05, 4.69) is 0 Å². The van der Waals surface area contributed by atoms with E-state index in [4.69, 9.17) is 8.92 Å². The number of fused-ring (bicyclic) bond motifs is 1. The summed E-state index contributed by atoms with van der Waals surface area (Å²) in [5.74, 6) is 0. The van der Waals surface area contributed by atoms with Gasteiger partial charge in [-0.2, -0.15) is 8.42 Å². The first-order valence-corrected chi connectivity index (χ1v) is 5.70. The molecule has 1 N–H and O–H groups in total. The predicted molar refractivity (Wildman–Crippen MR) is 41.5 cm³/mol. The van der Waals surface area contributed by atoms with Crippen LogP contribution in [0.1, 0.15) is 13.3 Å². The molecule has 74 valence electrons. The second-order valence-electron chi connectivity index (χ2n) is 4.10. The molecular formula is C7H10O5S. The van der Waals surface area contributed by atoms with Crippen LogP contribution in [0.2, 0.25) is 0 Å². The Balaban J connectivity index is 2.14. The molecule has 0 aromatic carbocycles. The number of hydrogen-bond acceptors (Lipinski definition) is 5. The molecule has 0 saturated carbocycles. The van der Waals surface area contributed by atoms with Gasteiger partial charge in [-0.05, 0) is 13.3 Å². The Bertz CT molecular complexity index is 359. The molecule has 3 rings (SSSR count). The summed E-state index contributed by atoms with van der Waals surface area (Å²) in [6.45, 7) is 1.57. The largest absolute Gasteiger partial charge is 0.385 e. The molecule has 6 heteroatoms. The molecule has 5 nitrogen and oxygen atoms in total. The second-order valence-corrected chi connectivity index (χ2v) is 5.88. The van der Waals surface area contributed by atoms with E-state index in [1.807, 2.05) is 0 Å². The van der Waals surface area contributed by atoms with Crippen molar-refractivity contribution >= 4 is 10.1 Å². The highest BCUT2D eigenvalue weighted by Crippen LogP contribution is 2.51. The minimum absolute atomic E-state index is 0.358. The van der Waals surface area contributed by atoms with Crippen LogP contribution >= 0.6 is 0 Å². The zero-order valence-corrected chi connectivity index (χ0v) is 7.82. The zero-order valence-electron chi connectivity index (χ0n) is 7.00. The fraction of sp³-hybridized carbons (Fsp3) is 1.00. The van der Waals surface area contributed by atoms with E-state index in [1.54, 1.807) is 6.92 Å². The van der Waals surface area contributed by atoms with Crippen LogP contribution < -0.4 is 0 Å². The van der Waals surface area contributed by atoms with Gasteiger partial charge < -0.3 is 9.84 Å². The van der Waals surface area contributed by atoms with Crippen molar-refractivity contribution in [3.63, 3.8) is 0 Å². The lowest BCUT2D eigenvalue weighted by Gasteiger charge is -2.27. The quantitative estimate of drug-likeness (QED) is 0.515.